The largest absolute Gasteiger partial charge is 0.0948 e. The molecule has 0 radical (unpaired) electrons. The first-order valence-electron chi connectivity index (χ1n) is 6.58. The third-order valence-electron chi connectivity index (χ3n) is 3.83. The molecule has 0 saturated heterocycles. The van der Waals surface area contributed by atoms with E-state index in [1.165, 1.54) is 37.6 Å². The molecule has 4 rings (SSSR count). The lowest BCUT2D eigenvalue weighted by Crippen LogP contribution is -1.96. The van der Waals surface area contributed by atoms with Gasteiger partial charge < -0.3 is 0 Å². The lowest BCUT2D eigenvalue weighted by atomic mass is 9.98. The zero-order chi connectivity index (χ0) is 13.5. The van der Waals surface area contributed by atoms with Gasteiger partial charge in [-0.25, -0.2) is 0 Å². The average Bonchev–Trinajstić information content (AvgIpc) is 2.52. The summed E-state index contributed by atoms with van der Waals surface area (Å²) in [6.07, 6.45) is 0. The predicted molar refractivity (Wildman–Crippen MR) is 92.8 cm³/mol. The van der Waals surface area contributed by atoms with Gasteiger partial charge in [-0.05, 0) is 55.8 Å². The highest BCUT2D eigenvalue weighted by molar-refractivity contribution is 7.75. The van der Waals surface area contributed by atoms with Gasteiger partial charge in [-0.15, -0.1) is 0 Å². The maximum Gasteiger partial charge on any atom is 0.00725 e. The summed E-state index contributed by atoms with van der Waals surface area (Å²) >= 11 is 6.19. The molecule has 0 saturated carbocycles. The van der Waals surface area contributed by atoms with Gasteiger partial charge in [0.15, 0.2) is 0 Å². The van der Waals surface area contributed by atoms with Crippen LogP contribution < -0.4 is 5.30 Å². The predicted octanol–water partition coefficient (Wildman–Crippen LogP) is 5.60. The lowest BCUT2D eigenvalue weighted by molar-refractivity contribution is 1.79. The van der Waals surface area contributed by atoms with Crippen molar-refractivity contribution in [2.45, 2.75) is 0 Å². The Morgan fingerprint density at radius 1 is 0.600 bits per heavy atom. The maximum absolute atomic E-state index is 6.19. The van der Waals surface area contributed by atoms with Gasteiger partial charge in [0.05, 0.1) is 0 Å². The Bertz CT molecular complexity index is 944. The van der Waals surface area contributed by atoms with E-state index in [-0.39, 0.29) is 0 Å². The third-order valence-corrected chi connectivity index (χ3v) is 5.06. The van der Waals surface area contributed by atoms with Crippen LogP contribution in [0.4, 0.5) is 0 Å². The number of fused-ring (bicyclic) bond motifs is 4. The van der Waals surface area contributed by atoms with Crippen molar-refractivity contribution in [2.24, 2.45) is 0 Å². The Balaban J connectivity index is 2.28. The quantitative estimate of drug-likeness (QED) is 0.243. The molecule has 0 fully saturated rings. The number of halogens is 1. The van der Waals surface area contributed by atoms with E-state index in [1.54, 1.807) is 0 Å². The minimum Gasteiger partial charge on any atom is -0.0948 e. The van der Waals surface area contributed by atoms with Crippen molar-refractivity contribution in [3.05, 3.63) is 66.7 Å². The number of hydrogen-bond donors (Lipinski definition) is 0. The Hall–Kier alpha value is -1.62. The van der Waals surface area contributed by atoms with Gasteiger partial charge in [0.2, 0.25) is 0 Å². The Kier molecular flexibility index (Phi) is 2.88. The van der Waals surface area contributed by atoms with Crippen LogP contribution in [0.1, 0.15) is 0 Å². The van der Waals surface area contributed by atoms with Crippen LogP contribution in [0.25, 0.3) is 32.3 Å². The number of benzene rings is 4. The van der Waals surface area contributed by atoms with Crippen LogP contribution in [0, 0.1) is 0 Å². The van der Waals surface area contributed by atoms with Gasteiger partial charge in [-0.1, -0.05) is 59.8 Å². The molecule has 2 heteroatoms. The number of hydrogen-bond acceptors (Lipinski definition) is 0. The van der Waals surface area contributed by atoms with E-state index < -0.39 is 0 Å². The molecular weight excluding hydrogens is 283 g/mol. The van der Waals surface area contributed by atoms with Gasteiger partial charge in [0.25, 0.3) is 0 Å². The first-order chi connectivity index (χ1) is 9.86. The fourth-order valence-electron chi connectivity index (χ4n) is 2.87. The van der Waals surface area contributed by atoms with Crippen LogP contribution in [0.3, 0.4) is 0 Å². The molecule has 0 heterocycles. The summed E-state index contributed by atoms with van der Waals surface area (Å²) in [4.78, 5) is 0. The topological polar surface area (TPSA) is 0 Å². The van der Waals surface area contributed by atoms with Crippen molar-refractivity contribution in [3.63, 3.8) is 0 Å². The molecule has 1 atom stereocenters. The second kappa shape index (κ2) is 4.74. The summed E-state index contributed by atoms with van der Waals surface area (Å²) in [5, 5.41) is 8.91. The Morgan fingerprint density at radius 3 is 1.90 bits per heavy atom. The normalized spacial score (nSPS) is 12.1. The van der Waals surface area contributed by atoms with Gasteiger partial charge in [-0.3, -0.25) is 0 Å². The van der Waals surface area contributed by atoms with Crippen LogP contribution in [-0.2, 0) is 0 Å². The molecule has 20 heavy (non-hydrogen) atoms. The zero-order valence-electron chi connectivity index (χ0n) is 10.7. The van der Waals surface area contributed by atoms with E-state index in [4.69, 9.17) is 11.2 Å². The fraction of sp³-hybridized carbons (Fsp3) is 0. The molecule has 4 aromatic rings. The van der Waals surface area contributed by atoms with Gasteiger partial charge in [0.1, 0.15) is 0 Å². The van der Waals surface area contributed by atoms with Gasteiger partial charge in [0, 0.05) is 7.93 Å². The van der Waals surface area contributed by atoms with E-state index in [2.05, 4.69) is 66.7 Å². The Morgan fingerprint density at radius 2 is 1.20 bits per heavy atom. The standard InChI is InChI=1S/C18H12ClP/c19-20-18-11-14-7-3-4-8-15(14)16-9-12-5-1-2-6-13(12)10-17(16)18/h1-11,20H. The first kappa shape index (κ1) is 12.1. The van der Waals surface area contributed by atoms with Crippen molar-refractivity contribution >= 4 is 56.8 Å². The monoisotopic (exact) mass is 294 g/mol. The molecule has 0 aliphatic heterocycles. The molecule has 4 aromatic carbocycles. The molecule has 0 bridgehead atoms. The molecule has 1 unspecified atom stereocenters. The third kappa shape index (κ3) is 1.80. The highest BCUT2D eigenvalue weighted by Crippen LogP contribution is 2.32. The smallest absolute Gasteiger partial charge is 0.00725 e. The van der Waals surface area contributed by atoms with E-state index in [0.717, 1.165) is 0 Å². The van der Waals surface area contributed by atoms with Gasteiger partial charge >= 0.3 is 0 Å². The Labute approximate surface area is 123 Å². The van der Waals surface area contributed by atoms with Crippen molar-refractivity contribution in [2.75, 3.05) is 0 Å². The van der Waals surface area contributed by atoms with Crippen molar-refractivity contribution in [1.29, 1.82) is 0 Å². The molecule has 0 N–H and O–H groups in total. The molecule has 0 nitrogen and oxygen atoms in total. The molecule has 0 spiro atoms. The summed E-state index contributed by atoms with van der Waals surface area (Å²) in [5.41, 5.74) is 0. The summed E-state index contributed by atoms with van der Waals surface area (Å²) in [6, 6.07) is 23.8. The molecule has 0 aliphatic carbocycles. The second-order valence-corrected chi connectivity index (χ2v) is 6.28. The van der Waals surface area contributed by atoms with E-state index >= 15 is 0 Å². The average molecular weight is 295 g/mol. The molecular formula is C18H12ClP. The van der Waals surface area contributed by atoms with Crippen LogP contribution in [-0.4, -0.2) is 0 Å². The van der Waals surface area contributed by atoms with Crippen molar-refractivity contribution in [1.82, 2.24) is 0 Å². The number of rotatable bonds is 1. The van der Waals surface area contributed by atoms with Crippen LogP contribution >= 0.6 is 19.2 Å². The van der Waals surface area contributed by atoms with Crippen LogP contribution in [0.15, 0.2) is 66.7 Å². The minimum atomic E-state index is 0.290. The van der Waals surface area contributed by atoms with E-state index in [9.17, 15) is 0 Å². The van der Waals surface area contributed by atoms with Gasteiger partial charge in [-0.2, -0.15) is 0 Å². The lowest BCUT2D eigenvalue weighted by Gasteiger charge is -2.10. The molecule has 0 aromatic heterocycles. The highest BCUT2D eigenvalue weighted by atomic mass is 35.7. The minimum absolute atomic E-state index is 0.290. The zero-order valence-corrected chi connectivity index (χ0v) is 12.5. The summed E-state index contributed by atoms with van der Waals surface area (Å²) < 4.78 is 0. The van der Waals surface area contributed by atoms with Crippen molar-refractivity contribution < 1.29 is 0 Å². The van der Waals surface area contributed by atoms with Crippen LogP contribution in [0.5, 0.6) is 0 Å². The van der Waals surface area contributed by atoms with E-state index in [1.807, 2.05) is 0 Å². The first-order valence-corrected chi connectivity index (χ1v) is 8.59. The van der Waals surface area contributed by atoms with Crippen molar-refractivity contribution in [3.8, 4) is 0 Å². The van der Waals surface area contributed by atoms with E-state index in [0.29, 0.717) is 7.93 Å². The summed E-state index contributed by atoms with van der Waals surface area (Å²) in [5.74, 6) is 0. The summed E-state index contributed by atoms with van der Waals surface area (Å²) in [7, 11) is 0.290. The molecule has 0 amide bonds. The molecule has 0 aliphatic rings. The second-order valence-electron chi connectivity index (χ2n) is 4.98. The molecule has 96 valence electrons. The summed E-state index contributed by atoms with van der Waals surface area (Å²) in [6.45, 7) is 0. The SMILES string of the molecule is ClPc1cc2ccccc2c2cc3ccccc3cc12. The maximum atomic E-state index is 6.19. The highest BCUT2D eigenvalue weighted by Gasteiger charge is 2.07. The fourth-order valence-corrected chi connectivity index (χ4v) is 3.85. The van der Waals surface area contributed by atoms with Crippen LogP contribution in [0.2, 0.25) is 0 Å².